The highest BCUT2D eigenvalue weighted by Crippen LogP contribution is 2.45. The van der Waals surface area contributed by atoms with E-state index in [2.05, 4.69) is 5.32 Å². The molecule has 266 valence electrons. The fourth-order valence-electron chi connectivity index (χ4n) is 6.64. The number of carbonyl (C=O) groups excluding carboxylic acids is 2. The number of ether oxygens (including phenoxy) is 1. The van der Waals surface area contributed by atoms with Gasteiger partial charge in [0.1, 0.15) is 12.1 Å². The molecule has 0 saturated carbocycles. The second kappa shape index (κ2) is 14.6. The van der Waals surface area contributed by atoms with Gasteiger partial charge in [0.05, 0.1) is 0 Å². The van der Waals surface area contributed by atoms with Gasteiger partial charge in [-0.25, -0.2) is 9.59 Å². The van der Waals surface area contributed by atoms with Crippen molar-refractivity contribution >= 4 is 26.4 Å². The smallest absolute Gasteiger partial charge is 0.421 e. The van der Waals surface area contributed by atoms with Gasteiger partial charge in [0.2, 0.25) is 6.23 Å². The summed E-state index contributed by atoms with van der Waals surface area (Å²) < 4.78 is 12.5. The minimum Gasteiger partial charge on any atom is -0.464 e. The maximum atomic E-state index is 15.0. The van der Waals surface area contributed by atoms with Gasteiger partial charge in [0.25, 0.3) is 5.91 Å². The third kappa shape index (κ3) is 6.89. The van der Waals surface area contributed by atoms with Gasteiger partial charge in [-0.15, -0.1) is 0 Å². The van der Waals surface area contributed by atoms with Crippen molar-refractivity contribution in [3.8, 4) is 11.1 Å². The predicted molar refractivity (Wildman–Crippen MR) is 204 cm³/mol. The Morgan fingerprint density at radius 2 is 1.10 bits per heavy atom. The Balaban J connectivity index is 1.41. The fourth-order valence-corrected chi connectivity index (χ4v) is 7.77. The number of hydrogen-bond donors (Lipinski definition) is 2. The van der Waals surface area contributed by atoms with Gasteiger partial charge in [0, 0.05) is 5.92 Å². The maximum absolute atomic E-state index is 15.0. The minimum absolute atomic E-state index is 0.132. The van der Waals surface area contributed by atoms with E-state index in [0.29, 0.717) is 4.90 Å². The van der Waals surface area contributed by atoms with Crippen LogP contribution < -0.4 is 5.32 Å². The van der Waals surface area contributed by atoms with Crippen LogP contribution in [0, 0.1) is 0 Å². The summed E-state index contributed by atoms with van der Waals surface area (Å²) >= 11 is 0. The fraction of sp³-hybridized carbons (Fsp3) is 0.233. The molecule has 5 aromatic carbocycles. The molecule has 1 atom stereocenters. The third-order valence-corrected chi connectivity index (χ3v) is 14.8. The largest absolute Gasteiger partial charge is 0.464 e. The predicted octanol–water partition coefficient (Wildman–Crippen LogP) is 9.37. The molecule has 1 aliphatic rings. The Morgan fingerprint density at radius 1 is 0.692 bits per heavy atom. The molecule has 1 aliphatic carbocycles. The minimum atomic E-state index is -2.92. The summed E-state index contributed by atoms with van der Waals surface area (Å²) in [6.07, 6.45) is -4.73. The summed E-state index contributed by atoms with van der Waals surface area (Å²) in [5.41, 5.74) is 4.92. The highest BCUT2D eigenvalue weighted by Gasteiger charge is 2.49. The van der Waals surface area contributed by atoms with Crippen molar-refractivity contribution in [3.05, 3.63) is 167 Å². The zero-order valence-corrected chi connectivity index (χ0v) is 31.1. The number of imide groups is 1. The molecule has 52 heavy (non-hydrogen) atoms. The topological polar surface area (TPSA) is 105 Å². The van der Waals surface area contributed by atoms with Crippen molar-refractivity contribution in [2.45, 2.75) is 56.6 Å². The number of carbonyl (C=O) groups is 3. The van der Waals surface area contributed by atoms with Crippen molar-refractivity contribution in [1.29, 1.82) is 0 Å². The van der Waals surface area contributed by atoms with Crippen molar-refractivity contribution < 1.29 is 28.7 Å². The molecule has 5 aromatic rings. The van der Waals surface area contributed by atoms with E-state index in [1.54, 1.807) is 0 Å². The SMILES string of the molecule is CC(C)(C)[Si](C)(C)OC(C(=O)NC(c1ccccc1)(c1ccccc1)c1ccccc1)N(C(=O)O)C(=O)OCC1c2ccccc2-c2ccccc21. The molecule has 0 saturated heterocycles. The first-order valence-corrected chi connectivity index (χ1v) is 20.3. The Hall–Kier alpha value is -5.51. The Kier molecular flexibility index (Phi) is 10.2. The van der Waals surface area contributed by atoms with Crippen LogP contribution in [0.15, 0.2) is 140 Å². The van der Waals surface area contributed by atoms with Crippen molar-refractivity contribution in [3.63, 3.8) is 0 Å². The molecule has 6 rings (SSSR count). The molecule has 0 fully saturated rings. The number of benzene rings is 5. The Labute approximate surface area is 306 Å². The second-order valence-corrected chi connectivity index (χ2v) is 19.3. The molecule has 3 amide bonds. The summed E-state index contributed by atoms with van der Waals surface area (Å²) in [7, 11) is -2.92. The maximum Gasteiger partial charge on any atom is 0.421 e. The summed E-state index contributed by atoms with van der Waals surface area (Å²) in [5, 5.41) is 13.5. The van der Waals surface area contributed by atoms with Gasteiger partial charge in [-0.05, 0) is 57.1 Å². The summed E-state index contributed by atoms with van der Waals surface area (Å²) in [4.78, 5) is 42.7. The van der Waals surface area contributed by atoms with Gasteiger partial charge < -0.3 is 19.6 Å². The van der Waals surface area contributed by atoms with Crippen LogP contribution in [0.1, 0.15) is 54.5 Å². The van der Waals surface area contributed by atoms with Crippen molar-refractivity contribution in [1.82, 2.24) is 10.2 Å². The highest BCUT2D eigenvalue weighted by atomic mass is 28.4. The van der Waals surface area contributed by atoms with E-state index >= 15 is 0 Å². The molecule has 1 unspecified atom stereocenters. The molecule has 0 heterocycles. The Bertz CT molecular complexity index is 1900. The van der Waals surface area contributed by atoms with Crippen LogP contribution in [-0.4, -0.2) is 49.3 Å². The molecule has 0 spiro atoms. The first kappa shape index (κ1) is 36.3. The number of nitrogens with zero attached hydrogens (tertiary/aromatic N) is 1. The third-order valence-electron chi connectivity index (χ3n) is 10.3. The number of carboxylic acid groups (broad SMARTS) is 1. The normalized spacial score (nSPS) is 13.4. The molecule has 0 aliphatic heterocycles. The van der Waals surface area contributed by atoms with E-state index in [4.69, 9.17) is 9.16 Å². The van der Waals surface area contributed by atoms with E-state index in [1.807, 2.05) is 173 Å². The van der Waals surface area contributed by atoms with Crippen LogP contribution in [0.4, 0.5) is 9.59 Å². The van der Waals surface area contributed by atoms with Crippen LogP contribution in [0.2, 0.25) is 18.1 Å². The van der Waals surface area contributed by atoms with Crippen LogP contribution in [-0.2, 0) is 19.5 Å². The van der Waals surface area contributed by atoms with E-state index < -0.39 is 43.2 Å². The lowest BCUT2D eigenvalue weighted by molar-refractivity contribution is -0.136. The summed E-state index contributed by atoms with van der Waals surface area (Å²) in [6, 6.07) is 44.2. The van der Waals surface area contributed by atoms with Crippen LogP contribution >= 0.6 is 0 Å². The van der Waals surface area contributed by atoms with E-state index in [9.17, 15) is 19.5 Å². The first-order valence-electron chi connectivity index (χ1n) is 17.4. The van der Waals surface area contributed by atoms with Gasteiger partial charge in [-0.1, -0.05) is 160 Å². The monoisotopic (exact) mass is 712 g/mol. The van der Waals surface area contributed by atoms with Crippen LogP contribution in [0.25, 0.3) is 11.1 Å². The molecule has 2 N–H and O–H groups in total. The quantitative estimate of drug-likeness (QED) is 0.0850. The van der Waals surface area contributed by atoms with E-state index in [-0.39, 0.29) is 12.5 Å². The van der Waals surface area contributed by atoms with Crippen LogP contribution in [0.5, 0.6) is 0 Å². The number of nitrogens with one attached hydrogen (secondary N) is 1. The molecule has 9 heteroatoms. The lowest BCUT2D eigenvalue weighted by Crippen LogP contribution is -2.61. The van der Waals surface area contributed by atoms with Gasteiger partial charge in [-0.2, -0.15) is 4.90 Å². The standard InChI is InChI=1S/C43H44N2O6Si/c1-42(2,3)52(4,5)51-39(45(40(47)48)41(49)50-29-37-35-27-17-15-25-33(35)34-26-16-18-28-36(34)37)38(46)44-43(30-19-9-6-10-20-30,31-21-11-7-12-22-31)32-23-13-8-14-24-32/h6-28,37,39H,29H2,1-5H3,(H,44,46)(H,47,48). The molecule has 0 aromatic heterocycles. The number of fused-ring (bicyclic) bond motifs is 3. The average Bonchev–Trinajstić information content (AvgIpc) is 3.46. The van der Waals surface area contributed by atoms with Crippen molar-refractivity contribution in [2.75, 3.05) is 6.61 Å². The summed E-state index contributed by atoms with van der Waals surface area (Å²) in [6.45, 7) is 9.62. The lowest BCUT2D eigenvalue weighted by atomic mass is 9.77. The lowest BCUT2D eigenvalue weighted by Gasteiger charge is -2.42. The molecule has 0 radical (unpaired) electrons. The highest BCUT2D eigenvalue weighted by molar-refractivity contribution is 6.74. The average molecular weight is 713 g/mol. The van der Waals surface area contributed by atoms with Gasteiger partial charge in [-0.3, -0.25) is 4.79 Å². The Morgan fingerprint density at radius 3 is 1.50 bits per heavy atom. The molecule has 8 nitrogen and oxygen atoms in total. The number of rotatable bonds is 10. The van der Waals surface area contributed by atoms with Crippen LogP contribution in [0.3, 0.4) is 0 Å². The van der Waals surface area contributed by atoms with Gasteiger partial charge >= 0.3 is 12.2 Å². The van der Waals surface area contributed by atoms with E-state index in [1.165, 1.54) is 0 Å². The van der Waals surface area contributed by atoms with Crippen molar-refractivity contribution in [2.24, 2.45) is 0 Å². The molecule has 0 bridgehead atoms. The van der Waals surface area contributed by atoms with Gasteiger partial charge in [0.15, 0.2) is 8.32 Å². The molecular formula is C43H44N2O6Si. The summed E-state index contributed by atoms with van der Waals surface area (Å²) in [5.74, 6) is -1.13. The zero-order valence-electron chi connectivity index (χ0n) is 30.1. The zero-order chi connectivity index (χ0) is 37.1. The molecular weight excluding hydrogens is 669 g/mol. The second-order valence-electron chi connectivity index (χ2n) is 14.5. The number of amides is 3. The first-order chi connectivity index (χ1) is 24.8. The number of hydrogen-bond acceptors (Lipinski definition) is 5. The van der Waals surface area contributed by atoms with E-state index in [0.717, 1.165) is 38.9 Å².